The molecule has 8 heteroatoms. The van der Waals surface area contributed by atoms with Gasteiger partial charge in [-0.15, -0.1) is 0 Å². The smallest absolute Gasteiger partial charge is 0.336 e. The van der Waals surface area contributed by atoms with Gasteiger partial charge in [0, 0.05) is 0 Å². The van der Waals surface area contributed by atoms with E-state index in [-0.39, 0.29) is 19.3 Å². The quantitative estimate of drug-likeness (QED) is 0.589. The Morgan fingerprint density at radius 1 is 0.955 bits per heavy atom. The lowest BCUT2D eigenvalue weighted by molar-refractivity contribution is -0.148. The molecule has 8 nitrogen and oxygen atoms in total. The lowest BCUT2D eigenvalue weighted by atomic mass is 9.66. The van der Waals surface area contributed by atoms with Crippen LogP contribution in [0.4, 0.5) is 0 Å². The van der Waals surface area contributed by atoms with Crippen LogP contribution in [0.5, 0.6) is 0 Å². The van der Waals surface area contributed by atoms with Gasteiger partial charge in [-0.3, -0.25) is 9.59 Å². The molecular weight excluding hydrogens is 296 g/mol. The number of carboxylic acid groups (broad SMARTS) is 4. The van der Waals surface area contributed by atoms with Gasteiger partial charge in [-0.25, -0.2) is 9.59 Å². The van der Waals surface area contributed by atoms with Gasteiger partial charge in [-0.1, -0.05) is 5.57 Å². The largest absolute Gasteiger partial charge is 0.481 e. The Balaban J connectivity index is 2.55. The Kier molecular flexibility index (Phi) is 4.03. The van der Waals surface area contributed by atoms with Crippen molar-refractivity contribution in [3.8, 4) is 0 Å². The summed E-state index contributed by atoms with van der Waals surface area (Å²) in [6.45, 7) is 0. The van der Waals surface area contributed by atoms with Crippen molar-refractivity contribution in [1.82, 2.24) is 0 Å². The van der Waals surface area contributed by atoms with Gasteiger partial charge in [0.2, 0.25) is 0 Å². The summed E-state index contributed by atoms with van der Waals surface area (Å²) >= 11 is 0. The zero-order valence-corrected chi connectivity index (χ0v) is 11.4. The van der Waals surface area contributed by atoms with Crippen molar-refractivity contribution in [2.24, 2.45) is 17.8 Å². The number of carboxylic acids is 4. The highest BCUT2D eigenvalue weighted by atomic mass is 16.4. The van der Waals surface area contributed by atoms with E-state index in [2.05, 4.69) is 0 Å². The lowest BCUT2D eigenvalue weighted by Gasteiger charge is -2.36. The molecule has 0 aromatic heterocycles. The van der Waals surface area contributed by atoms with Crippen molar-refractivity contribution in [3.63, 3.8) is 0 Å². The molecule has 118 valence electrons. The Morgan fingerprint density at radius 3 is 2.05 bits per heavy atom. The predicted molar refractivity (Wildman–Crippen MR) is 70.0 cm³/mol. The van der Waals surface area contributed by atoms with E-state index in [0.717, 1.165) is 0 Å². The van der Waals surface area contributed by atoms with E-state index in [1.165, 1.54) is 6.08 Å². The first-order valence-electron chi connectivity index (χ1n) is 6.60. The maximum atomic E-state index is 11.5. The van der Waals surface area contributed by atoms with Gasteiger partial charge < -0.3 is 20.4 Å². The number of fused-ring (bicyclic) bond motifs is 1. The third-order valence-electron chi connectivity index (χ3n) is 4.21. The number of carbonyl (C=O) groups is 4. The van der Waals surface area contributed by atoms with E-state index in [9.17, 15) is 29.4 Å². The van der Waals surface area contributed by atoms with Crippen molar-refractivity contribution in [3.05, 3.63) is 22.8 Å². The van der Waals surface area contributed by atoms with E-state index < -0.39 is 52.8 Å². The summed E-state index contributed by atoms with van der Waals surface area (Å²) in [5, 5.41) is 36.8. The van der Waals surface area contributed by atoms with Crippen LogP contribution in [0.15, 0.2) is 22.8 Å². The molecular formula is C14H14O8. The fourth-order valence-corrected chi connectivity index (χ4v) is 3.21. The summed E-state index contributed by atoms with van der Waals surface area (Å²) in [6.07, 6.45) is 1.70. The van der Waals surface area contributed by atoms with Crippen LogP contribution in [0, 0.1) is 17.8 Å². The molecule has 1 fully saturated rings. The fourth-order valence-electron chi connectivity index (χ4n) is 3.21. The number of hydrogen-bond acceptors (Lipinski definition) is 4. The molecule has 0 heterocycles. The van der Waals surface area contributed by atoms with E-state index in [1.54, 1.807) is 0 Å². The van der Waals surface area contributed by atoms with Gasteiger partial charge in [0.15, 0.2) is 0 Å². The number of aliphatic carboxylic acids is 4. The molecule has 0 spiro atoms. The molecule has 1 saturated carbocycles. The van der Waals surface area contributed by atoms with Crippen molar-refractivity contribution >= 4 is 23.9 Å². The second-order valence-electron chi connectivity index (χ2n) is 5.39. The van der Waals surface area contributed by atoms with Crippen LogP contribution in [-0.4, -0.2) is 44.3 Å². The summed E-state index contributed by atoms with van der Waals surface area (Å²) in [6, 6.07) is 0. The zero-order chi connectivity index (χ0) is 16.6. The first-order valence-corrected chi connectivity index (χ1v) is 6.60. The minimum Gasteiger partial charge on any atom is -0.481 e. The Morgan fingerprint density at radius 2 is 1.59 bits per heavy atom. The van der Waals surface area contributed by atoms with Gasteiger partial charge in [-0.2, -0.15) is 0 Å². The fraction of sp³-hybridized carbons (Fsp3) is 0.429. The molecule has 0 aliphatic heterocycles. The number of rotatable bonds is 4. The third-order valence-corrected chi connectivity index (χ3v) is 4.21. The van der Waals surface area contributed by atoms with Crippen LogP contribution in [0.1, 0.15) is 19.3 Å². The molecule has 0 aromatic carbocycles. The first kappa shape index (κ1) is 15.7. The molecule has 0 aromatic rings. The summed E-state index contributed by atoms with van der Waals surface area (Å²) in [5.74, 6) is -8.75. The van der Waals surface area contributed by atoms with Gasteiger partial charge >= 0.3 is 23.9 Å². The van der Waals surface area contributed by atoms with Crippen LogP contribution in [0.25, 0.3) is 0 Å². The van der Waals surface area contributed by atoms with Crippen molar-refractivity contribution in [1.29, 1.82) is 0 Å². The second kappa shape index (κ2) is 5.63. The van der Waals surface area contributed by atoms with Gasteiger partial charge in [0.1, 0.15) is 0 Å². The minimum atomic E-state index is -1.61. The SMILES string of the molecule is O=C(O)C1=C(C(=O)O)C(C(=O)O)C2CC(C(=O)O)CCC2=C1. The van der Waals surface area contributed by atoms with Crippen LogP contribution >= 0.6 is 0 Å². The number of allylic oxidation sites excluding steroid dienone is 1. The van der Waals surface area contributed by atoms with Gasteiger partial charge in [0.05, 0.1) is 23.0 Å². The van der Waals surface area contributed by atoms with E-state index in [4.69, 9.17) is 10.2 Å². The highest BCUT2D eigenvalue weighted by Gasteiger charge is 2.46. The second-order valence-corrected chi connectivity index (χ2v) is 5.39. The molecule has 0 amide bonds. The monoisotopic (exact) mass is 310 g/mol. The third kappa shape index (κ3) is 2.59. The normalized spacial score (nSPS) is 27.6. The van der Waals surface area contributed by atoms with Crippen LogP contribution in [0.3, 0.4) is 0 Å². The highest BCUT2D eigenvalue weighted by molar-refractivity contribution is 6.05. The van der Waals surface area contributed by atoms with E-state index in [0.29, 0.717) is 5.57 Å². The molecule has 0 radical (unpaired) electrons. The number of hydrogen-bond donors (Lipinski definition) is 4. The highest BCUT2D eigenvalue weighted by Crippen LogP contribution is 2.45. The van der Waals surface area contributed by atoms with Crippen molar-refractivity contribution in [2.45, 2.75) is 19.3 Å². The summed E-state index contributed by atoms with van der Waals surface area (Å²) < 4.78 is 0. The average Bonchev–Trinajstić information content (AvgIpc) is 2.43. The first-order chi connectivity index (χ1) is 10.2. The maximum absolute atomic E-state index is 11.5. The molecule has 0 saturated heterocycles. The molecule has 2 aliphatic rings. The van der Waals surface area contributed by atoms with E-state index >= 15 is 0 Å². The molecule has 2 aliphatic carbocycles. The Hall–Kier alpha value is -2.64. The predicted octanol–water partition coefficient (Wildman–Crippen LogP) is 0.594. The standard InChI is InChI=1S/C14H14O8/c15-11(16)6-2-1-5-3-8(12(17)18)10(14(21)22)9(13(19)20)7(5)4-6/h3,6-7,9H,1-2,4H2,(H,15,16)(H,17,18)(H,19,20)(H,21,22). The average molecular weight is 310 g/mol. The molecule has 2 rings (SSSR count). The topological polar surface area (TPSA) is 149 Å². The molecule has 3 unspecified atom stereocenters. The summed E-state index contributed by atoms with van der Waals surface area (Å²) in [5.41, 5.74) is -0.744. The van der Waals surface area contributed by atoms with Gasteiger partial charge in [0.25, 0.3) is 0 Å². The van der Waals surface area contributed by atoms with Crippen LogP contribution in [0.2, 0.25) is 0 Å². The minimum absolute atomic E-state index is 0.0121. The molecule has 22 heavy (non-hydrogen) atoms. The van der Waals surface area contributed by atoms with Gasteiger partial charge in [-0.05, 0) is 31.3 Å². The Bertz CT molecular complexity index is 627. The van der Waals surface area contributed by atoms with Crippen LogP contribution < -0.4 is 0 Å². The lowest BCUT2D eigenvalue weighted by Crippen LogP contribution is -2.38. The summed E-state index contributed by atoms with van der Waals surface area (Å²) in [4.78, 5) is 45.2. The van der Waals surface area contributed by atoms with Crippen LogP contribution in [-0.2, 0) is 19.2 Å². The molecule has 3 atom stereocenters. The van der Waals surface area contributed by atoms with Crippen molar-refractivity contribution in [2.75, 3.05) is 0 Å². The zero-order valence-electron chi connectivity index (χ0n) is 11.4. The Labute approximate surface area is 124 Å². The summed E-state index contributed by atoms with van der Waals surface area (Å²) in [7, 11) is 0. The van der Waals surface area contributed by atoms with E-state index in [1.807, 2.05) is 0 Å². The maximum Gasteiger partial charge on any atom is 0.336 e. The molecule has 0 bridgehead atoms. The molecule has 4 N–H and O–H groups in total. The van der Waals surface area contributed by atoms with Crippen molar-refractivity contribution < 1.29 is 39.6 Å².